The summed E-state index contributed by atoms with van der Waals surface area (Å²) < 4.78 is 5.87. The standard InChI is InChI=1S/C19H18ClN2O2P/c1-24-25(14-4-2-3-12(9-14)11-5-6-11)18-15-10-13(20)7-8-16(15)22-17(18)19(21)23/h2-4,7-11,22H,5-6H2,1H3,(H2,21,23). The number of nitrogens with two attached hydrogens (primary N) is 1. The van der Waals surface area contributed by atoms with Crippen LogP contribution in [-0.2, 0) is 4.52 Å². The van der Waals surface area contributed by atoms with E-state index in [2.05, 4.69) is 29.2 Å². The van der Waals surface area contributed by atoms with Crippen molar-refractivity contribution in [2.24, 2.45) is 5.73 Å². The number of H-pyrrole nitrogens is 1. The Morgan fingerprint density at radius 2 is 2.08 bits per heavy atom. The summed E-state index contributed by atoms with van der Waals surface area (Å²) in [7, 11) is 0.489. The number of aromatic amines is 1. The summed E-state index contributed by atoms with van der Waals surface area (Å²) in [6.07, 6.45) is 2.48. The Bertz CT molecular complexity index is 965. The van der Waals surface area contributed by atoms with Crippen LogP contribution in [0.25, 0.3) is 10.9 Å². The Morgan fingerprint density at radius 1 is 1.28 bits per heavy atom. The average Bonchev–Trinajstić information content (AvgIpc) is 3.39. The molecule has 0 aliphatic heterocycles. The van der Waals surface area contributed by atoms with E-state index in [9.17, 15) is 4.79 Å². The lowest BCUT2D eigenvalue weighted by Crippen LogP contribution is -2.23. The van der Waals surface area contributed by atoms with E-state index in [0.717, 1.165) is 21.5 Å². The van der Waals surface area contributed by atoms with Crippen LogP contribution in [0, 0.1) is 0 Å². The number of aromatic nitrogens is 1. The molecule has 1 fully saturated rings. The summed E-state index contributed by atoms with van der Waals surface area (Å²) in [6, 6.07) is 14.0. The number of nitrogens with one attached hydrogen (secondary N) is 1. The fraction of sp³-hybridized carbons (Fsp3) is 0.211. The zero-order chi connectivity index (χ0) is 17.6. The number of rotatable bonds is 5. The van der Waals surface area contributed by atoms with Gasteiger partial charge in [0, 0.05) is 33.6 Å². The van der Waals surface area contributed by atoms with Gasteiger partial charge in [-0.2, -0.15) is 0 Å². The topological polar surface area (TPSA) is 68.1 Å². The number of primary amides is 1. The van der Waals surface area contributed by atoms with Crippen LogP contribution in [0.3, 0.4) is 0 Å². The molecule has 0 spiro atoms. The number of carbonyl (C=O) groups excluding carboxylic acids is 1. The molecule has 1 aliphatic carbocycles. The van der Waals surface area contributed by atoms with Gasteiger partial charge in [0.25, 0.3) is 5.91 Å². The molecule has 25 heavy (non-hydrogen) atoms. The Kier molecular flexibility index (Phi) is 4.28. The highest BCUT2D eigenvalue weighted by molar-refractivity contribution is 7.69. The number of carbonyl (C=O) groups is 1. The van der Waals surface area contributed by atoms with Gasteiger partial charge in [0.15, 0.2) is 0 Å². The first-order valence-electron chi connectivity index (χ1n) is 8.13. The number of amides is 1. The summed E-state index contributed by atoms with van der Waals surface area (Å²) >= 11 is 6.18. The Hall–Kier alpha value is -1.87. The van der Waals surface area contributed by atoms with Crippen LogP contribution in [0.15, 0.2) is 42.5 Å². The third-order valence-corrected chi connectivity index (χ3v) is 6.74. The minimum absolute atomic E-state index is 0.391. The lowest BCUT2D eigenvalue weighted by molar-refractivity contribution is 0.0997. The van der Waals surface area contributed by atoms with Crippen LogP contribution < -0.4 is 16.3 Å². The van der Waals surface area contributed by atoms with Gasteiger partial charge in [-0.1, -0.05) is 29.8 Å². The van der Waals surface area contributed by atoms with Gasteiger partial charge < -0.3 is 15.2 Å². The smallest absolute Gasteiger partial charge is 0.265 e. The second-order valence-corrected chi connectivity index (χ2v) is 8.60. The zero-order valence-corrected chi connectivity index (χ0v) is 15.4. The number of benzene rings is 2. The predicted molar refractivity (Wildman–Crippen MR) is 103 cm³/mol. The first-order valence-corrected chi connectivity index (χ1v) is 9.77. The number of hydrogen-bond acceptors (Lipinski definition) is 2. The van der Waals surface area contributed by atoms with Crippen molar-refractivity contribution in [1.82, 2.24) is 4.98 Å². The SMILES string of the molecule is COP(c1cccc(C2CC2)c1)c1c(C(N)=O)[nH]c2ccc(Cl)cc12. The molecule has 128 valence electrons. The second kappa shape index (κ2) is 6.45. The van der Waals surface area contributed by atoms with Crippen molar-refractivity contribution in [2.45, 2.75) is 18.8 Å². The van der Waals surface area contributed by atoms with E-state index in [1.165, 1.54) is 18.4 Å². The van der Waals surface area contributed by atoms with Gasteiger partial charge in [-0.15, -0.1) is 0 Å². The van der Waals surface area contributed by atoms with Crippen molar-refractivity contribution in [2.75, 3.05) is 7.11 Å². The maximum atomic E-state index is 12.0. The van der Waals surface area contributed by atoms with E-state index in [-0.39, 0.29) is 0 Å². The van der Waals surface area contributed by atoms with Crippen molar-refractivity contribution in [3.05, 3.63) is 58.7 Å². The molecule has 1 aliphatic rings. The highest BCUT2D eigenvalue weighted by Gasteiger charge is 2.28. The number of hydrogen-bond donors (Lipinski definition) is 2. The van der Waals surface area contributed by atoms with Crippen molar-refractivity contribution in [1.29, 1.82) is 0 Å². The Balaban J connectivity index is 1.91. The van der Waals surface area contributed by atoms with Gasteiger partial charge in [-0.05, 0) is 48.6 Å². The molecule has 3 aromatic rings. The number of fused-ring (bicyclic) bond motifs is 1. The molecule has 2 aromatic carbocycles. The minimum atomic E-state index is -1.18. The van der Waals surface area contributed by atoms with E-state index in [4.69, 9.17) is 21.9 Å². The van der Waals surface area contributed by atoms with Crippen LogP contribution in [0.1, 0.15) is 34.8 Å². The normalized spacial score (nSPS) is 15.4. The maximum Gasteiger partial charge on any atom is 0.265 e. The highest BCUT2D eigenvalue weighted by Crippen LogP contribution is 2.43. The van der Waals surface area contributed by atoms with Crippen LogP contribution in [0.2, 0.25) is 5.02 Å². The van der Waals surface area contributed by atoms with Crippen LogP contribution in [0.5, 0.6) is 0 Å². The summed E-state index contributed by atoms with van der Waals surface area (Å²) in [4.78, 5) is 15.2. The summed E-state index contributed by atoms with van der Waals surface area (Å²) in [5, 5.41) is 3.37. The second-order valence-electron chi connectivity index (χ2n) is 6.25. The molecule has 1 atom stereocenters. The van der Waals surface area contributed by atoms with E-state index in [1.807, 2.05) is 12.1 Å². The van der Waals surface area contributed by atoms with E-state index in [1.54, 1.807) is 13.2 Å². The van der Waals surface area contributed by atoms with Gasteiger partial charge in [0.1, 0.15) is 5.69 Å². The van der Waals surface area contributed by atoms with Crippen molar-refractivity contribution >= 4 is 47.2 Å². The zero-order valence-electron chi connectivity index (χ0n) is 13.8. The molecule has 0 radical (unpaired) electrons. The molecule has 4 nitrogen and oxygen atoms in total. The molecule has 0 saturated heterocycles. The molecule has 3 N–H and O–H groups in total. The largest absolute Gasteiger partial charge is 0.364 e. The molecule has 0 bridgehead atoms. The molecular weight excluding hydrogens is 355 g/mol. The summed E-state index contributed by atoms with van der Waals surface area (Å²) in [5.74, 6) is 0.159. The van der Waals surface area contributed by atoms with Gasteiger partial charge in [-0.25, -0.2) is 0 Å². The van der Waals surface area contributed by atoms with E-state index >= 15 is 0 Å². The first-order chi connectivity index (χ1) is 12.1. The monoisotopic (exact) mass is 372 g/mol. The lowest BCUT2D eigenvalue weighted by atomic mass is 10.1. The number of halogens is 1. The molecule has 1 unspecified atom stereocenters. The fourth-order valence-corrected chi connectivity index (χ4v) is 5.27. The third kappa shape index (κ3) is 3.06. The quantitative estimate of drug-likeness (QED) is 0.669. The maximum absolute atomic E-state index is 12.0. The van der Waals surface area contributed by atoms with Gasteiger partial charge in [0.2, 0.25) is 0 Å². The van der Waals surface area contributed by atoms with Crippen molar-refractivity contribution in [3.8, 4) is 0 Å². The Labute approximate surface area is 152 Å². The van der Waals surface area contributed by atoms with Crippen LogP contribution in [-0.4, -0.2) is 18.0 Å². The molecular formula is C19H18ClN2O2P. The third-order valence-electron chi connectivity index (χ3n) is 4.52. The van der Waals surface area contributed by atoms with Gasteiger partial charge in [0.05, 0.1) is 8.15 Å². The van der Waals surface area contributed by atoms with E-state index < -0.39 is 14.1 Å². The van der Waals surface area contributed by atoms with E-state index in [0.29, 0.717) is 16.6 Å². The predicted octanol–water partition coefficient (Wildman–Crippen LogP) is 3.79. The molecule has 6 heteroatoms. The molecule has 4 rings (SSSR count). The molecule has 1 aromatic heterocycles. The summed E-state index contributed by atoms with van der Waals surface area (Å²) in [5.41, 5.74) is 8.18. The van der Waals surface area contributed by atoms with Crippen molar-refractivity contribution < 1.29 is 9.32 Å². The molecule has 1 saturated carbocycles. The van der Waals surface area contributed by atoms with Gasteiger partial charge >= 0.3 is 0 Å². The highest BCUT2D eigenvalue weighted by atomic mass is 35.5. The van der Waals surface area contributed by atoms with Gasteiger partial charge in [-0.3, -0.25) is 4.79 Å². The Morgan fingerprint density at radius 3 is 2.76 bits per heavy atom. The summed E-state index contributed by atoms with van der Waals surface area (Å²) in [6.45, 7) is 0. The molecule has 1 heterocycles. The fourth-order valence-electron chi connectivity index (χ4n) is 3.19. The van der Waals surface area contributed by atoms with Crippen LogP contribution >= 0.6 is 19.7 Å². The average molecular weight is 373 g/mol. The van der Waals surface area contributed by atoms with Crippen molar-refractivity contribution in [3.63, 3.8) is 0 Å². The first kappa shape index (κ1) is 16.6. The van der Waals surface area contributed by atoms with Crippen LogP contribution in [0.4, 0.5) is 0 Å². The molecule has 1 amide bonds. The minimum Gasteiger partial charge on any atom is -0.364 e. The lowest BCUT2D eigenvalue weighted by Gasteiger charge is -2.17.